The first kappa shape index (κ1) is 25.7. The topological polar surface area (TPSA) is 133 Å². The van der Waals surface area contributed by atoms with Gasteiger partial charge in [0.1, 0.15) is 18.2 Å². The van der Waals surface area contributed by atoms with Gasteiger partial charge in [0.25, 0.3) is 11.8 Å². The Morgan fingerprint density at radius 3 is 2.29 bits per heavy atom. The molecule has 0 aromatic heterocycles. The van der Waals surface area contributed by atoms with E-state index in [4.69, 9.17) is 5.73 Å². The van der Waals surface area contributed by atoms with Gasteiger partial charge in [0.15, 0.2) is 5.78 Å². The lowest BCUT2D eigenvalue weighted by Crippen LogP contribution is -2.53. The zero-order valence-electron chi connectivity index (χ0n) is 20.6. The number of aliphatic hydroxyl groups excluding tert-OH is 1. The summed E-state index contributed by atoms with van der Waals surface area (Å²) in [5, 5.41) is 13.3. The van der Waals surface area contributed by atoms with Crippen LogP contribution in [0.5, 0.6) is 0 Å². The predicted octanol–water partition coefficient (Wildman–Crippen LogP) is 1.20. The molecule has 2 aliphatic heterocycles. The van der Waals surface area contributed by atoms with Crippen LogP contribution in [0.15, 0.2) is 24.3 Å². The molecular weight excluding hydrogens is 436 g/mol. The standard InChI is InChI=1S/C25H36N4O5/c1-14(2)12-17(27-22(32)15-6-8-16(26)9-7-15)23(33)28-11-10-18-20(28)19(30)13-29(18)24(34)21(31)25(3,4)5/h6-9,14,17-18,20-21,31H,10-13,26H2,1-5H3,(H,27,32). The van der Waals surface area contributed by atoms with Crippen molar-refractivity contribution in [3.63, 3.8) is 0 Å². The van der Waals surface area contributed by atoms with Gasteiger partial charge in [0.05, 0.1) is 12.6 Å². The van der Waals surface area contributed by atoms with Gasteiger partial charge in [-0.05, 0) is 48.4 Å². The molecule has 34 heavy (non-hydrogen) atoms. The third-order valence-corrected chi connectivity index (χ3v) is 6.53. The number of hydrogen-bond acceptors (Lipinski definition) is 6. The number of anilines is 1. The maximum absolute atomic E-state index is 13.5. The van der Waals surface area contributed by atoms with Crippen LogP contribution in [0.2, 0.25) is 0 Å². The number of ketones is 1. The summed E-state index contributed by atoms with van der Waals surface area (Å²) < 4.78 is 0. The average Bonchev–Trinajstić information content (AvgIpc) is 3.32. The van der Waals surface area contributed by atoms with Crippen molar-refractivity contribution in [1.82, 2.24) is 15.1 Å². The van der Waals surface area contributed by atoms with Crippen LogP contribution in [0.4, 0.5) is 5.69 Å². The number of amides is 3. The molecule has 1 aromatic carbocycles. The van der Waals surface area contributed by atoms with E-state index < -0.39 is 41.5 Å². The van der Waals surface area contributed by atoms with Gasteiger partial charge in [-0.15, -0.1) is 0 Å². The van der Waals surface area contributed by atoms with Gasteiger partial charge < -0.3 is 26.0 Å². The summed E-state index contributed by atoms with van der Waals surface area (Å²) >= 11 is 0. The minimum atomic E-state index is -1.24. The Morgan fingerprint density at radius 2 is 1.74 bits per heavy atom. The number of nitrogen functional groups attached to an aromatic ring is 1. The number of hydrogen-bond donors (Lipinski definition) is 3. The predicted molar refractivity (Wildman–Crippen MR) is 128 cm³/mol. The fraction of sp³-hybridized carbons (Fsp3) is 0.600. The maximum atomic E-state index is 13.5. The van der Waals surface area contributed by atoms with Crippen molar-refractivity contribution in [3.8, 4) is 0 Å². The van der Waals surface area contributed by atoms with E-state index in [0.29, 0.717) is 30.6 Å². The Kier molecular flexibility index (Phi) is 7.35. The summed E-state index contributed by atoms with van der Waals surface area (Å²) in [4.78, 5) is 55.1. The molecule has 0 radical (unpaired) electrons. The van der Waals surface area contributed by atoms with Crippen LogP contribution in [0.3, 0.4) is 0 Å². The number of likely N-dealkylation sites (tertiary alicyclic amines) is 2. The van der Waals surface area contributed by atoms with E-state index in [1.807, 2.05) is 13.8 Å². The van der Waals surface area contributed by atoms with Gasteiger partial charge in [-0.25, -0.2) is 0 Å². The number of nitrogens with zero attached hydrogens (tertiary/aromatic N) is 2. The van der Waals surface area contributed by atoms with E-state index >= 15 is 0 Å². The fourth-order valence-electron chi connectivity index (χ4n) is 4.65. The molecule has 2 heterocycles. The SMILES string of the molecule is CC(C)CC(NC(=O)c1ccc(N)cc1)C(=O)N1CCC2C1C(=O)CN2C(=O)C(O)C(C)(C)C. The maximum Gasteiger partial charge on any atom is 0.252 e. The number of Topliss-reactive ketones (excluding diaryl/α,β-unsaturated/α-hetero) is 1. The third kappa shape index (κ3) is 5.24. The lowest BCUT2D eigenvalue weighted by molar-refractivity contribution is -0.147. The highest BCUT2D eigenvalue weighted by Crippen LogP contribution is 2.33. The van der Waals surface area contributed by atoms with Crippen LogP contribution in [-0.2, 0) is 14.4 Å². The number of rotatable bonds is 6. The first-order valence-electron chi connectivity index (χ1n) is 11.8. The van der Waals surface area contributed by atoms with Crippen LogP contribution in [0, 0.1) is 11.3 Å². The van der Waals surface area contributed by atoms with Gasteiger partial charge in [-0.1, -0.05) is 34.6 Å². The van der Waals surface area contributed by atoms with Crippen molar-refractivity contribution in [3.05, 3.63) is 29.8 Å². The number of nitrogens with two attached hydrogens (primary N) is 1. The summed E-state index contributed by atoms with van der Waals surface area (Å²) in [5.41, 5.74) is 5.95. The molecule has 0 aliphatic carbocycles. The van der Waals surface area contributed by atoms with Crippen molar-refractivity contribution in [2.75, 3.05) is 18.8 Å². The summed E-state index contributed by atoms with van der Waals surface area (Å²) in [6.07, 6.45) is -0.380. The first-order valence-corrected chi connectivity index (χ1v) is 11.8. The number of fused-ring (bicyclic) bond motifs is 1. The molecule has 2 saturated heterocycles. The molecule has 2 fully saturated rings. The zero-order chi connectivity index (χ0) is 25.4. The Balaban J connectivity index is 1.77. The fourth-order valence-corrected chi connectivity index (χ4v) is 4.65. The monoisotopic (exact) mass is 472 g/mol. The second-order valence-electron chi connectivity index (χ2n) is 10.8. The lowest BCUT2D eigenvalue weighted by atomic mass is 9.88. The van der Waals surface area contributed by atoms with E-state index in [-0.39, 0.29) is 24.2 Å². The molecule has 9 heteroatoms. The number of aliphatic hydroxyl groups is 1. The first-order chi connectivity index (χ1) is 15.8. The Hall–Kier alpha value is -2.94. The molecule has 4 unspecified atom stereocenters. The molecule has 4 atom stereocenters. The van der Waals surface area contributed by atoms with Crippen LogP contribution >= 0.6 is 0 Å². The van der Waals surface area contributed by atoms with Gasteiger partial charge in [0, 0.05) is 17.8 Å². The third-order valence-electron chi connectivity index (χ3n) is 6.53. The lowest BCUT2D eigenvalue weighted by Gasteiger charge is -2.31. The van der Waals surface area contributed by atoms with Crippen LogP contribution in [0.1, 0.15) is 57.8 Å². The highest BCUT2D eigenvalue weighted by molar-refractivity contribution is 6.01. The Bertz CT molecular complexity index is 953. The minimum absolute atomic E-state index is 0.123. The average molecular weight is 473 g/mol. The zero-order valence-corrected chi connectivity index (χ0v) is 20.6. The molecule has 4 N–H and O–H groups in total. The van der Waals surface area contributed by atoms with Crippen molar-refractivity contribution in [2.24, 2.45) is 11.3 Å². The van der Waals surface area contributed by atoms with Crippen molar-refractivity contribution in [2.45, 2.75) is 71.7 Å². The quantitative estimate of drug-likeness (QED) is 0.533. The van der Waals surface area contributed by atoms with E-state index in [9.17, 15) is 24.3 Å². The second kappa shape index (κ2) is 9.74. The molecule has 0 saturated carbocycles. The van der Waals surface area contributed by atoms with Crippen molar-refractivity contribution >= 4 is 29.2 Å². The Labute approximate surface area is 200 Å². The van der Waals surface area contributed by atoms with Crippen LogP contribution in [-0.4, -0.2) is 75.7 Å². The van der Waals surface area contributed by atoms with Crippen molar-refractivity contribution in [1.29, 1.82) is 0 Å². The van der Waals surface area contributed by atoms with E-state index in [0.717, 1.165) is 0 Å². The van der Waals surface area contributed by atoms with Crippen molar-refractivity contribution < 1.29 is 24.3 Å². The molecule has 0 bridgehead atoms. The summed E-state index contributed by atoms with van der Waals surface area (Å²) in [6, 6.07) is 4.40. The van der Waals surface area contributed by atoms with Gasteiger partial charge >= 0.3 is 0 Å². The van der Waals surface area contributed by atoms with E-state index in [1.165, 1.54) is 9.80 Å². The molecule has 3 rings (SSSR count). The van der Waals surface area contributed by atoms with E-state index in [1.54, 1.807) is 45.0 Å². The molecule has 3 amide bonds. The molecule has 186 valence electrons. The summed E-state index contributed by atoms with van der Waals surface area (Å²) in [5.74, 6) is -1.31. The molecule has 2 aliphatic rings. The van der Waals surface area contributed by atoms with Crippen LogP contribution in [0.25, 0.3) is 0 Å². The number of nitrogens with one attached hydrogen (secondary N) is 1. The molecule has 0 spiro atoms. The van der Waals surface area contributed by atoms with Gasteiger partial charge in [-0.3, -0.25) is 19.2 Å². The molecule has 9 nitrogen and oxygen atoms in total. The Morgan fingerprint density at radius 1 is 1.12 bits per heavy atom. The summed E-state index contributed by atoms with van der Waals surface area (Å²) in [6.45, 7) is 9.37. The number of carbonyl (C=O) groups is 4. The normalized spacial score (nSPS) is 22.0. The molecular formula is C25H36N4O5. The smallest absolute Gasteiger partial charge is 0.252 e. The van der Waals surface area contributed by atoms with Gasteiger partial charge in [-0.2, -0.15) is 0 Å². The van der Waals surface area contributed by atoms with E-state index in [2.05, 4.69) is 5.32 Å². The highest BCUT2D eigenvalue weighted by atomic mass is 16.3. The second-order valence-corrected chi connectivity index (χ2v) is 10.8. The number of carbonyl (C=O) groups excluding carboxylic acids is 4. The largest absolute Gasteiger partial charge is 0.399 e. The van der Waals surface area contributed by atoms with Crippen LogP contribution < -0.4 is 11.1 Å². The molecule has 1 aromatic rings. The number of benzene rings is 1. The van der Waals surface area contributed by atoms with Gasteiger partial charge in [0.2, 0.25) is 5.91 Å². The summed E-state index contributed by atoms with van der Waals surface area (Å²) in [7, 11) is 0. The highest BCUT2D eigenvalue weighted by Gasteiger charge is 2.53. The minimum Gasteiger partial charge on any atom is -0.399 e.